The smallest absolute Gasteiger partial charge is 0.129 e. The maximum Gasteiger partial charge on any atom is 0.129 e. The molecule has 3 heteroatoms. The molecule has 0 aliphatic carbocycles. The Labute approximate surface area is 129 Å². The minimum atomic E-state index is 0.216. The van der Waals surface area contributed by atoms with Crippen molar-refractivity contribution in [1.82, 2.24) is 5.32 Å². The second-order valence-corrected chi connectivity index (χ2v) is 5.93. The van der Waals surface area contributed by atoms with Crippen LogP contribution in [0.5, 0.6) is 5.75 Å². The molecular formula is C18H19NOS. The third-order valence-corrected chi connectivity index (χ3v) is 4.61. The lowest BCUT2D eigenvalue weighted by Gasteiger charge is -2.17. The summed E-state index contributed by atoms with van der Waals surface area (Å²) in [6.45, 7) is 3.07. The van der Waals surface area contributed by atoms with Crippen LogP contribution in [-0.2, 0) is 0 Å². The molecule has 0 bridgehead atoms. The van der Waals surface area contributed by atoms with E-state index in [1.54, 1.807) is 18.4 Å². The summed E-state index contributed by atoms with van der Waals surface area (Å²) in [5, 5.41) is 8.19. The van der Waals surface area contributed by atoms with Crippen molar-refractivity contribution in [2.45, 2.75) is 13.0 Å². The summed E-state index contributed by atoms with van der Waals surface area (Å²) in [4.78, 5) is 1.28. The SMILES string of the molecule is CCNC(c1ccc2ccccc2c1)c1cc(OC)cs1. The van der Waals surface area contributed by atoms with E-state index in [2.05, 4.69) is 66.2 Å². The Morgan fingerprint density at radius 2 is 1.90 bits per heavy atom. The minimum Gasteiger partial charge on any atom is -0.496 e. The molecule has 3 aromatic rings. The number of rotatable bonds is 5. The molecule has 1 heterocycles. The molecular weight excluding hydrogens is 278 g/mol. The number of fused-ring (bicyclic) bond motifs is 1. The van der Waals surface area contributed by atoms with Gasteiger partial charge in [0.15, 0.2) is 0 Å². The molecule has 0 amide bonds. The Kier molecular flexibility index (Phi) is 4.23. The fourth-order valence-electron chi connectivity index (χ4n) is 2.57. The molecule has 1 atom stereocenters. The van der Waals surface area contributed by atoms with Gasteiger partial charge >= 0.3 is 0 Å². The van der Waals surface area contributed by atoms with Crippen molar-refractivity contribution in [2.24, 2.45) is 0 Å². The van der Waals surface area contributed by atoms with Gasteiger partial charge in [0.25, 0.3) is 0 Å². The number of hydrogen-bond donors (Lipinski definition) is 1. The Morgan fingerprint density at radius 3 is 2.62 bits per heavy atom. The van der Waals surface area contributed by atoms with Crippen LogP contribution in [0.15, 0.2) is 53.9 Å². The van der Waals surface area contributed by atoms with Crippen molar-refractivity contribution in [3.8, 4) is 5.75 Å². The predicted octanol–water partition coefficient (Wildman–Crippen LogP) is 4.61. The molecule has 0 spiro atoms. The lowest BCUT2D eigenvalue weighted by molar-refractivity contribution is 0.416. The van der Waals surface area contributed by atoms with Gasteiger partial charge in [0, 0.05) is 10.3 Å². The van der Waals surface area contributed by atoms with Gasteiger partial charge in [-0.2, -0.15) is 0 Å². The summed E-state index contributed by atoms with van der Waals surface area (Å²) >= 11 is 1.73. The molecule has 2 aromatic carbocycles. The number of thiophene rings is 1. The Bertz CT molecular complexity index is 735. The molecule has 0 aliphatic heterocycles. The molecule has 0 saturated heterocycles. The largest absolute Gasteiger partial charge is 0.496 e. The third kappa shape index (κ3) is 2.94. The molecule has 2 nitrogen and oxygen atoms in total. The highest BCUT2D eigenvalue weighted by molar-refractivity contribution is 7.10. The molecule has 0 radical (unpaired) electrons. The Hall–Kier alpha value is -1.84. The van der Waals surface area contributed by atoms with Crippen molar-refractivity contribution >= 4 is 22.1 Å². The Balaban J connectivity index is 2.01. The van der Waals surface area contributed by atoms with E-state index < -0.39 is 0 Å². The fraction of sp³-hybridized carbons (Fsp3) is 0.222. The van der Waals surface area contributed by atoms with Gasteiger partial charge in [-0.15, -0.1) is 11.3 Å². The van der Waals surface area contributed by atoms with Gasteiger partial charge in [-0.3, -0.25) is 0 Å². The molecule has 0 fully saturated rings. The van der Waals surface area contributed by atoms with E-state index >= 15 is 0 Å². The number of nitrogens with one attached hydrogen (secondary N) is 1. The summed E-state index contributed by atoms with van der Waals surface area (Å²) in [5.41, 5.74) is 1.29. The molecule has 1 aromatic heterocycles. The highest BCUT2D eigenvalue weighted by Crippen LogP contribution is 2.32. The second-order valence-electron chi connectivity index (χ2n) is 4.99. The first-order chi connectivity index (χ1) is 10.3. The second kappa shape index (κ2) is 6.29. The molecule has 1 unspecified atom stereocenters. The quantitative estimate of drug-likeness (QED) is 0.742. The van der Waals surface area contributed by atoms with E-state index in [1.807, 2.05) is 0 Å². The summed E-state index contributed by atoms with van der Waals surface area (Å²) < 4.78 is 5.31. The highest BCUT2D eigenvalue weighted by Gasteiger charge is 2.16. The van der Waals surface area contributed by atoms with Gasteiger partial charge in [-0.1, -0.05) is 43.3 Å². The van der Waals surface area contributed by atoms with Crippen LogP contribution >= 0.6 is 11.3 Å². The topological polar surface area (TPSA) is 21.3 Å². The van der Waals surface area contributed by atoms with E-state index in [9.17, 15) is 0 Å². The van der Waals surface area contributed by atoms with Gasteiger partial charge in [-0.25, -0.2) is 0 Å². The molecule has 1 N–H and O–H groups in total. The third-order valence-electron chi connectivity index (χ3n) is 3.63. The monoisotopic (exact) mass is 297 g/mol. The summed E-state index contributed by atoms with van der Waals surface area (Å²) in [5.74, 6) is 0.929. The minimum absolute atomic E-state index is 0.216. The first-order valence-electron chi connectivity index (χ1n) is 7.16. The van der Waals surface area contributed by atoms with Gasteiger partial charge in [0.1, 0.15) is 5.75 Å². The maximum absolute atomic E-state index is 5.31. The lowest BCUT2D eigenvalue weighted by Crippen LogP contribution is -2.21. The van der Waals surface area contributed by atoms with Crippen LogP contribution in [0.4, 0.5) is 0 Å². The number of hydrogen-bond acceptors (Lipinski definition) is 3. The van der Waals surface area contributed by atoms with E-state index in [0.717, 1.165) is 12.3 Å². The van der Waals surface area contributed by atoms with Crippen LogP contribution in [0.3, 0.4) is 0 Å². The fourth-order valence-corrected chi connectivity index (χ4v) is 3.52. The molecule has 3 rings (SSSR count). The van der Waals surface area contributed by atoms with Gasteiger partial charge in [0.05, 0.1) is 13.2 Å². The van der Waals surface area contributed by atoms with E-state index in [-0.39, 0.29) is 6.04 Å². The average Bonchev–Trinajstić information content (AvgIpc) is 3.01. The van der Waals surface area contributed by atoms with E-state index in [0.29, 0.717) is 0 Å². The van der Waals surface area contributed by atoms with Crippen LogP contribution < -0.4 is 10.1 Å². The van der Waals surface area contributed by atoms with E-state index in [1.165, 1.54) is 21.2 Å². The van der Waals surface area contributed by atoms with Gasteiger partial charge in [0.2, 0.25) is 0 Å². The first-order valence-corrected chi connectivity index (χ1v) is 8.04. The summed E-state index contributed by atoms with van der Waals surface area (Å²) in [6.07, 6.45) is 0. The maximum atomic E-state index is 5.31. The number of benzene rings is 2. The molecule has 21 heavy (non-hydrogen) atoms. The number of methoxy groups -OCH3 is 1. The van der Waals surface area contributed by atoms with Crippen LogP contribution in [0.25, 0.3) is 10.8 Å². The van der Waals surface area contributed by atoms with Gasteiger partial charge < -0.3 is 10.1 Å². The first kappa shape index (κ1) is 14.1. The van der Waals surface area contributed by atoms with Crippen molar-refractivity contribution in [3.05, 3.63) is 64.4 Å². The van der Waals surface area contributed by atoms with Crippen LogP contribution in [-0.4, -0.2) is 13.7 Å². The van der Waals surface area contributed by atoms with Crippen LogP contribution in [0.1, 0.15) is 23.4 Å². The Morgan fingerprint density at radius 1 is 1.10 bits per heavy atom. The van der Waals surface area contributed by atoms with Crippen molar-refractivity contribution < 1.29 is 4.74 Å². The molecule has 108 valence electrons. The van der Waals surface area contributed by atoms with Crippen LogP contribution in [0, 0.1) is 0 Å². The number of ether oxygens (including phenoxy) is 1. The molecule has 0 aliphatic rings. The molecule has 0 saturated carbocycles. The van der Waals surface area contributed by atoms with Gasteiger partial charge in [-0.05, 0) is 35.0 Å². The van der Waals surface area contributed by atoms with Crippen molar-refractivity contribution in [1.29, 1.82) is 0 Å². The lowest BCUT2D eigenvalue weighted by atomic mass is 10.0. The zero-order valence-electron chi connectivity index (χ0n) is 12.3. The average molecular weight is 297 g/mol. The standard InChI is InChI=1S/C18H19NOS/c1-3-19-18(17-11-16(20-2)12-21-17)15-9-8-13-6-4-5-7-14(13)10-15/h4-12,18-19H,3H2,1-2H3. The van der Waals surface area contributed by atoms with Crippen LogP contribution in [0.2, 0.25) is 0 Å². The van der Waals surface area contributed by atoms with Crippen molar-refractivity contribution in [3.63, 3.8) is 0 Å². The normalized spacial score (nSPS) is 12.5. The summed E-state index contributed by atoms with van der Waals surface area (Å²) in [6, 6.07) is 17.5. The predicted molar refractivity (Wildman–Crippen MR) is 90.3 cm³/mol. The summed E-state index contributed by atoms with van der Waals surface area (Å²) in [7, 11) is 1.71. The zero-order chi connectivity index (χ0) is 14.7. The van der Waals surface area contributed by atoms with Crippen molar-refractivity contribution in [2.75, 3.05) is 13.7 Å². The highest BCUT2D eigenvalue weighted by atomic mass is 32.1. The van der Waals surface area contributed by atoms with E-state index in [4.69, 9.17) is 4.74 Å². The zero-order valence-corrected chi connectivity index (χ0v) is 13.1.